The maximum absolute atomic E-state index is 12.3. The predicted octanol–water partition coefficient (Wildman–Crippen LogP) is 1.78. The lowest BCUT2D eigenvalue weighted by Crippen LogP contribution is -2.37. The molecular formula is C11H14ClN3O3. The summed E-state index contributed by atoms with van der Waals surface area (Å²) in [6, 6.07) is 2.87. The summed E-state index contributed by atoms with van der Waals surface area (Å²) in [5, 5.41) is 10.7. The molecule has 1 aliphatic rings. The third-order valence-corrected chi connectivity index (χ3v) is 3.67. The summed E-state index contributed by atoms with van der Waals surface area (Å²) >= 11 is 5.82. The van der Waals surface area contributed by atoms with E-state index >= 15 is 0 Å². The van der Waals surface area contributed by atoms with Crippen molar-refractivity contribution in [2.75, 3.05) is 12.4 Å². The fourth-order valence-corrected chi connectivity index (χ4v) is 2.63. The van der Waals surface area contributed by atoms with Crippen LogP contribution in [-0.4, -0.2) is 38.8 Å². The van der Waals surface area contributed by atoms with Crippen molar-refractivity contribution < 1.29 is 9.72 Å². The second kappa shape index (κ2) is 4.97. The van der Waals surface area contributed by atoms with Gasteiger partial charge in [-0.25, -0.2) is 4.57 Å². The van der Waals surface area contributed by atoms with E-state index in [4.69, 9.17) is 11.6 Å². The van der Waals surface area contributed by atoms with E-state index in [1.807, 2.05) is 0 Å². The number of hydrogen-bond acceptors (Lipinski definition) is 3. The van der Waals surface area contributed by atoms with E-state index in [0.717, 1.165) is 12.8 Å². The maximum Gasteiger partial charge on any atom is 0.323 e. The van der Waals surface area contributed by atoms with E-state index in [-0.39, 0.29) is 17.8 Å². The summed E-state index contributed by atoms with van der Waals surface area (Å²) in [6.45, 7) is 0.662. The SMILES string of the molecule is Cn1c(C(=O)N2CCCC2CCl)ccc1[N+](=O)[O-]. The summed E-state index contributed by atoms with van der Waals surface area (Å²) in [5.41, 5.74) is 0.332. The van der Waals surface area contributed by atoms with E-state index in [9.17, 15) is 14.9 Å². The summed E-state index contributed by atoms with van der Waals surface area (Å²) in [6.07, 6.45) is 1.82. The van der Waals surface area contributed by atoms with Gasteiger partial charge in [-0.05, 0) is 23.8 Å². The molecule has 0 bridgehead atoms. The van der Waals surface area contributed by atoms with Gasteiger partial charge in [0, 0.05) is 24.5 Å². The van der Waals surface area contributed by atoms with Crippen LogP contribution in [0.1, 0.15) is 23.3 Å². The van der Waals surface area contributed by atoms with Crippen LogP contribution in [0.5, 0.6) is 0 Å². The Morgan fingerprint density at radius 1 is 1.61 bits per heavy atom. The van der Waals surface area contributed by atoms with Gasteiger partial charge < -0.3 is 15.0 Å². The van der Waals surface area contributed by atoms with Gasteiger partial charge >= 0.3 is 5.82 Å². The van der Waals surface area contributed by atoms with Crippen molar-refractivity contribution in [2.45, 2.75) is 18.9 Å². The number of carbonyl (C=O) groups is 1. The summed E-state index contributed by atoms with van der Waals surface area (Å²) in [5.74, 6) is 0.131. The highest BCUT2D eigenvalue weighted by molar-refractivity contribution is 6.18. The molecule has 0 aromatic carbocycles. The number of nitro groups is 1. The van der Waals surface area contributed by atoms with Crippen LogP contribution in [0.15, 0.2) is 12.1 Å². The molecule has 98 valence electrons. The average Bonchev–Trinajstić information content (AvgIpc) is 2.93. The Balaban J connectivity index is 2.26. The number of halogens is 1. The number of carbonyl (C=O) groups excluding carboxylic acids is 1. The Labute approximate surface area is 109 Å². The van der Waals surface area contributed by atoms with Gasteiger partial charge in [-0.1, -0.05) is 0 Å². The Morgan fingerprint density at radius 2 is 2.33 bits per heavy atom. The predicted molar refractivity (Wildman–Crippen MR) is 66.8 cm³/mol. The Bertz CT molecular complexity index is 486. The number of hydrogen-bond donors (Lipinski definition) is 0. The third-order valence-electron chi connectivity index (χ3n) is 3.32. The van der Waals surface area contributed by atoms with E-state index in [1.165, 1.54) is 23.7 Å². The van der Waals surface area contributed by atoms with Gasteiger partial charge in [0.2, 0.25) is 0 Å². The second-order valence-electron chi connectivity index (χ2n) is 4.34. The Kier molecular flexibility index (Phi) is 3.56. The first kappa shape index (κ1) is 12.9. The highest BCUT2D eigenvalue weighted by Crippen LogP contribution is 2.23. The zero-order chi connectivity index (χ0) is 13.3. The lowest BCUT2D eigenvalue weighted by molar-refractivity contribution is -0.391. The molecule has 0 radical (unpaired) electrons. The first-order valence-corrected chi connectivity index (χ1v) is 6.26. The first-order valence-electron chi connectivity index (χ1n) is 5.73. The van der Waals surface area contributed by atoms with E-state index in [0.29, 0.717) is 18.1 Å². The quantitative estimate of drug-likeness (QED) is 0.478. The minimum atomic E-state index is -0.500. The zero-order valence-electron chi connectivity index (χ0n) is 10.0. The normalized spacial score (nSPS) is 19.2. The third kappa shape index (κ3) is 2.08. The monoisotopic (exact) mass is 271 g/mol. The molecule has 2 rings (SSSR count). The van der Waals surface area contributed by atoms with E-state index in [2.05, 4.69) is 0 Å². The van der Waals surface area contributed by atoms with Gasteiger partial charge in [0.25, 0.3) is 5.91 Å². The summed E-state index contributed by atoms with van der Waals surface area (Å²) < 4.78 is 1.31. The van der Waals surface area contributed by atoms with Crippen LogP contribution < -0.4 is 0 Å². The molecule has 2 heterocycles. The van der Waals surface area contributed by atoms with Gasteiger partial charge in [0.1, 0.15) is 0 Å². The number of aromatic nitrogens is 1. The van der Waals surface area contributed by atoms with Gasteiger partial charge in [0.05, 0.1) is 7.05 Å². The molecule has 1 aliphatic heterocycles. The molecule has 1 aromatic heterocycles. The molecule has 1 saturated heterocycles. The zero-order valence-corrected chi connectivity index (χ0v) is 10.8. The lowest BCUT2D eigenvalue weighted by atomic mass is 10.2. The standard InChI is InChI=1S/C11H14ClN3O3/c1-13-9(4-5-10(13)15(17)18)11(16)14-6-2-3-8(14)7-12/h4-5,8H,2-3,6-7H2,1H3. The second-order valence-corrected chi connectivity index (χ2v) is 4.65. The van der Waals surface area contributed by atoms with Crippen LogP contribution >= 0.6 is 11.6 Å². The van der Waals surface area contributed by atoms with Crippen LogP contribution in [0.4, 0.5) is 5.82 Å². The molecule has 7 heteroatoms. The Hall–Kier alpha value is -1.56. The smallest absolute Gasteiger partial charge is 0.323 e. The molecule has 1 aromatic rings. The molecule has 0 saturated carbocycles. The fourth-order valence-electron chi connectivity index (χ4n) is 2.31. The summed E-state index contributed by atoms with van der Waals surface area (Å²) in [4.78, 5) is 24.2. The van der Waals surface area contributed by atoms with Gasteiger partial charge in [-0.2, -0.15) is 0 Å². The van der Waals surface area contributed by atoms with Crippen molar-refractivity contribution in [1.29, 1.82) is 0 Å². The number of rotatable bonds is 3. The van der Waals surface area contributed by atoms with Crippen molar-refractivity contribution in [3.8, 4) is 0 Å². The number of amides is 1. The van der Waals surface area contributed by atoms with Crippen LogP contribution in [0.3, 0.4) is 0 Å². The molecule has 18 heavy (non-hydrogen) atoms. The number of nitrogens with zero attached hydrogens (tertiary/aromatic N) is 3. The van der Waals surface area contributed by atoms with Gasteiger partial charge in [-0.3, -0.25) is 4.79 Å². The molecule has 0 aliphatic carbocycles. The van der Waals surface area contributed by atoms with Gasteiger partial charge in [0.15, 0.2) is 5.69 Å². The topological polar surface area (TPSA) is 68.4 Å². The van der Waals surface area contributed by atoms with Gasteiger partial charge in [-0.15, -0.1) is 11.6 Å². The van der Waals surface area contributed by atoms with Crippen LogP contribution in [0.2, 0.25) is 0 Å². The molecule has 1 unspecified atom stereocenters. The Morgan fingerprint density at radius 3 is 2.89 bits per heavy atom. The fraction of sp³-hybridized carbons (Fsp3) is 0.545. The van der Waals surface area contributed by atoms with Crippen LogP contribution in [-0.2, 0) is 7.05 Å². The average molecular weight is 272 g/mol. The molecule has 0 N–H and O–H groups in total. The molecule has 1 atom stereocenters. The molecule has 6 nitrogen and oxygen atoms in total. The molecule has 1 amide bonds. The van der Waals surface area contributed by atoms with Crippen LogP contribution in [0.25, 0.3) is 0 Å². The van der Waals surface area contributed by atoms with Crippen molar-refractivity contribution in [3.63, 3.8) is 0 Å². The number of alkyl halides is 1. The largest absolute Gasteiger partial charge is 0.358 e. The lowest BCUT2D eigenvalue weighted by Gasteiger charge is -2.21. The van der Waals surface area contributed by atoms with Crippen LogP contribution in [0, 0.1) is 10.1 Å². The minimum Gasteiger partial charge on any atom is -0.358 e. The molecule has 0 spiro atoms. The van der Waals surface area contributed by atoms with Crippen molar-refractivity contribution in [1.82, 2.24) is 9.47 Å². The van der Waals surface area contributed by atoms with Crippen molar-refractivity contribution in [3.05, 3.63) is 27.9 Å². The van der Waals surface area contributed by atoms with E-state index < -0.39 is 4.92 Å². The number of likely N-dealkylation sites (tertiary alicyclic amines) is 1. The minimum absolute atomic E-state index is 0.0353. The highest BCUT2D eigenvalue weighted by atomic mass is 35.5. The van der Waals surface area contributed by atoms with Crippen molar-refractivity contribution in [2.24, 2.45) is 7.05 Å². The summed E-state index contributed by atoms with van der Waals surface area (Å²) in [7, 11) is 1.52. The van der Waals surface area contributed by atoms with Crippen molar-refractivity contribution >= 4 is 23.3 Å². The maximum atomic E-state index is 12.3. The highest BCUT2D eigenvalue weighted by Gasteiger charge is 2.32. The first-order chi connectivity index (χ1) is 8.56. The molecule has 1 fully saturated rings. The molecular weight excluding hydrogens is 258 g/mol. The van der Waals surface area contributed by atoms with E-state index in [1.54, 1.807) is 4.90 Å².